The normalized spacial score (nSPS) is 16.4. The highest BCUT2D eigenvalue weighted by molar-refractivity contribution is 7.17. The summed E-state index contributed by atoms with van der Waals surface area (Å²) in [5, 5.41) is 10.6. The number of nitrogens with zero attached hydrogens (tertiary/aromatic N) is 2. The topological polar surface area (TPSA) is 80.5 Å². The number of ketones is 1. The molecule has 1 heterocycles. The summed E-state index contributed by atoms with van der Waals surface area (Å²) in [6.07, 6.45) is 2.36. The minimum Gasteiger partial charge on any atom is -0.338 e. The van der Waals surface area contributed by atoms with Crippen LogP contribution in [0.5, 0.6) is 0 Å². The molecular formula is C12H14N2O4S. The Morgan fingerprint density at radius 2 is 2.05 bits per heavy atom. The van der Waals surface area contributed by atoms with Crippen molar-refractivity contribution in [3.05, 3.63) is 27.1 Å². The van der Waals surface area contributed by atoms with Gasteiger partial charge in [-0.15, -0.1) is 0 Å². The summed E-state index contributed by atoms with van der Waals surface area (Å²) in [5.41, 5.74) is 0. The summed E-state index contributed by atoms with van der Waals surface area (Å²) in [4.78, 5) is 35.4. The molecule has 0 radical (unpaired) electrons. The summed E-state index contributed by atoms with van der Waals surface area (Å²) in [5.74, 6) is 0.0290. The number of nitro groups is 1. The third kappa shape index (κ3) is 2.98. The van der Waals surface area contributed by atoms with Crippen LogP contribution in [-0.4, -0.2) is 34.6 Å². The molecule has 1 aliphatic carbocycles. The highest BCUT2D eigenvalue weighted by Crippen LogP contribution is 2.27. The van der Waals surface area contributed by atoms with Gasteiger partial charge in [-0.05, 0) is 18.9 Å². The third-order valence-electron chi connectivity index (χ3n) is 3.36. The molecule has 0 atom stereocenters. The van der Waals surface area contributed by atoms with Gasteiger partial charge in [-0.1, -0.05) is 11.3 Å². The van der Waals surface area contributed by atoms with Crippen molar-refractivity contribution in [2.75, 3.05) is 7.05 Å². The van der Waals surface area contributed by atoms with Crippen LogP contribution in [-0.2, 0) is 4.79 Å². The molecule has 0 spiro atoms. The van der Waals surface area contributed by atoms with Gasteiger partial charge >= 0.3 is 5.00 Å². The van der Waals surface area contributed by atoms with Crippen molar-refractivity contribution < 1.29 is 14.5 Å². The van der Waals surface area contributed by atoms with Gasteiger partial charge in [0.15, 0.2) is 0 Å². The minimum atomic E-state index is -0.499. The van der Waals surface area contributed by atoms with Gasteiger partial charge in [0.25, 0.3) is 5.91 Å². The minimum absolute atomic E-state index is 0.0319. The molecule has 1 amide bonds. The molecular weight excluding hydrogens is 268 g/mol. The van der Waals surface area contributed by atoms with Crippen molar-refractivity contribution in [2.45, 2.75) is 31.7 Å². The second-order valence-electron chi connectivity index (χ2n) is 4.58. The van der Waals surface area contributed by atoms with Gasteiger partial charge in [-0.25, -0.2) is 0 Å². The quantitative estimate of drug-likeness (QED) is 0.629. The molecule has 102 valence electrons. The zero-order chi connectivity index (χ0) is 14.0. The van der Waals surface area contributed by atoms with Crippen LogP contribution in [0.4, 0.5) is 5.00 Å². The van der Waals surface area contributed by atoms with E-state index in [2.05, 4.69) is 0 Å². The molecule has 0 bridgehead atoms. The first-order valence-electron chi connectivity index (χ1n) is 6.02. The Morgan fingerprint density at radius 1 is 1.42 bits per heavy atom. The predicted molar refractivity (Wildman–Crippen MR) is 70.3 cm³/mol. The summed E-state index contributed by atoms with van der Waals surface area (Å²) in [6, 6.07) is 2.87. The van der Waals surface area contributed by atoms with Crippen LogP contribution in [0.2, 0.25) is 0 Å². The van der Waals surface area contributed by atoms with Gasteiger partial charge in [-0.3, -0.25) is 19.7 Å². The first-order valence-corrected chi connectivity index (χ1v) is 6.84. The Morgan fingerprint density at radius 3 is 2.58 bits per heavy atom. The molecule has 1 saturated carbocycles. The van der Waals surface area contributed by atoms with E-state index >= 15 is 0 Å². The van der Waals surface area contributed by atoms with Gasteiger partial charge in [0, 0.05) is 32.0 Å². The van der Waals surface area contributed by atoms with Gasteiger partial charge < -0.3 is 4.90 Å². The summed E-state index contributed by atoms with van der Waals surface area (Å²) in [6.45, 7) is 0. The van der Waals surface area contributed by atoms with Gasteiger partial charge in [0.2, 0.25) is 0 Å². The van der Waals surface area contributed by atoms with Crippen molar-refractivity contribution >= 4 is 28.0 Å². The molecule has 0 N–H and O–H groups in total. The van der Waals surface area contributed by atoms with Gasteiger partial charge in [0.05, 0.1) is 9.80 Å². The second kappa shape index (κ2) is 5.48. The Bertz CT molecular complexity index is 516. The number of carbonyl (C=O) groups is 2. The van der Waals surface area contributed by atoms with E-state index in [1.165, 1.54) is 12.1 Å². The fourth-order valence-electron chi connectivity index (χ4n) is 2.19. The number of hydrogen-bond donors (Lipinski definition) is 0. The van der Waals surface area contributed by atoms with E-state index in [9.17, 15) is 19.7 Å². The third-order valence-corrected chi connectivity index (χ3v) is 4.39. The zero-order valence-corrected chi connectivity index (χ0v) is 11.3. The van der Waals surface area contributed by atoms with Crippen molar-refractivity contribution in [3.63, 3.8) is 0 Å². The Labute approximate surface area is 114 Å². The fraction of sp³-hybridized carbons (Fsp3) is 0.500. The molecule has 0 unspecified atom stereocenters. The van der Waals surface area contributed by atoms with E-state index in [1.54, 1.807) is 11.9 Å². The average molecular weight is 282 g/mol. The molecule has 1 fully saturated rings. The maximum absolute atomic E-state index is 12.2. The van der Waals surface area contributed by atoms with E-state index in [0.29, 0.717) is 30.6 Å². The molecule has 0 aliphatic heterocycles. The first kappa shape index (κ1) is 13.7. The van der Waals surface area contributed by atoms with Gasteiger partial charge in [0.1, 0.15) is 5.78 Å². The largest absolute Gasteiger partial charge is 0.338 e. The van der Waals surface area contributed by atoms with E-state index in [1.807, 2.05) is 0 Å². The van der Waals surface area contributed by atoms with Crippen LogP contribution < -0.4 is 0 Å². The maximum Gasteiger partial charge on any atom is 0.324 e. The van der Waals surface area contributed by atoms with Crippen molar-refractivity contribution in [2.24, 2.45) is 0 Å². The van der Waals surface area contributed by atoms with Crippen LogP contribution in [0.25, 0.3) is 0 Å². The molecule has 7 heteroatoms. The van der Waals surface area contributed by atoms with Crippen LogP contribution in [0.15, 0.2) is 12.1 Å². The molecule has 0 aromatic carbocycles. The highest BCUT2D eigenvalue weighted by atomic mass is 32.1. The number of rotatable bonds is 3. The van der Waals surface area contributed by atoms with Crippen molar-refractivity contribution in [3.8, 4) is 0 Å². The second-order valence-corrected chi connectivity index (χ2v) is 5.64. The van der Waals surface area contributed by atoms with Crippen LogP contribution >= 0.6 is 11.3 Å². The average Bonchev–Trinajstić information content (AvgIpc) is 2.87. The molecule has 1 aliphatic rings. The number of hydrogen-bond acceptors (Lipinski definition) is 5. The first-order chi connectivity index (χ1) is 8.99. The molecule has 19 heavy (non-hydrogen) atoms. The van der Waals surface area contributed by atoms with E-state index < -0.39 is 4.92 Å². The van der Waals surface area contributed by atoms with E-state index in [0.717, 1.165) is 11.3 Å². The van der Waals surface area contributed by atoms with Crippen LogP contribution in [0, 0.1) is 10.1 Å². The fourth-order valence-corrected chi connectivity index (χ4v) is 3.00. The SMILES string of the molecule is CN(C(=O)c1ccc([N+](=O)[O-])s1)C1CCC(=O)CC1. The number of carbonyl (C=O) groups excluding carboxylic acids is 2. The Hall–Kier alpha value is -1.76. The predicted octanol–water partition coefficient (Wildman–Crippen LogP) is 2.24. The lowest BCUT2D eigenvalue weighted by Crippen LogP contribution is -2.39. The highest BCUT2D eigenvalue weighted by Gasteiger charge is 2.27. The zero-order valence-electron chi connectivity index (χ0n) is 10.5. The van der Waals surface area contributed by atoms with Crippen LogP contribution in [0.1, 0.15) is 35.4 Å². The van der Waals surface area contributed by atoms with E-state index in [-0.39, 0.29) is 22.7 Å². The van der Waals surface area contributed by atoms with Crippen molar-refractivity contribution in [1.29, 1.82) is 0 Å². The summed E-state index contributed by atoms with van der Waals surface area (Å²) < 4.78 is 0. The lowest BCUT2D eigenvalue weighted by molar-refractivity contribution is -0.380. The molecule has 1 aromatic rings. The maximum atomic E-state index is 12.2. The molecule has 2 rings (SSSR count). The molecule has 1 aromatic heterocycles. The molecule has 0 saturated heterocycles. The summed E-state index contributed by atoms with van der Waals surface area (Å²) >= 11 is 0.885. The Balaban J connectivity index is 2.05. The number of Topliss-reactive ketones (excluding diaryl/α,β-unsaturated/α-hetero) is 1. The monoisotopic (exact) mass is 282 g/mol. The lowest BCUT2D eigenvalue weighted by atomic mass is 9.93. The standard InChI is InChI=1S/C12H14N2O4S/c1-13(8-2-4-9(15)5-3-8)12(16)10-6-7-11(19-10)14(17)18/h6-8H,2-5H2,1H3. The van der Waals surface area contributed by atoms with Gasteiger partial charge in [-0.2, -0.15) is 0 Å². The summed E-state index contributed by atoms with van der Waals surface area (Å²) in [7, 11) is 1.69. The lowest BCUT2D eigenvalue weighted by Gasteiger charge is -2.30. The van der Waals surface area contributed by atoms with Crippen LogP contribution in [0.3, 0.4) is 0 Å². The van der Waals surface area contributed by atoms with E-state index in [4.69, 9.17) is 0 Å². The number of amides is 1. The Kier molecular flexibility index (Phi) is 3.94. The molecule has 6 nitrogen and oxygen atoms in total. The van der Waals surface area contributed by atoms with Crippen molar-refractivity contribution in [1.82, 2.24) is 4.90 Å². The smallest absolute Gasteiger partial charge is 0.324 e. The number of thiophene rings is 1.